The quantitative estimate of drug-likeness (QED) is 0.0934. The summed E-state index contributed by atoms with van der Waals surface area (Å²) in [4.78, 5) is 41.1. The number of rotatable bonds is 14. The Labute approximate surface area is 356 Å². The Hall–Kier alpha value is -5.61. The molecule has 8 rings (SSSR count). The number of nitrogens with two attached hydrogens (primary N) is 1. The van der Waals surface area contributed by atoms with Gasteiger partial charge in [-0.25, -0.2) is 13.6 Å². The van der Waals surface area contributed by atoms with Crippen LogP contribution in [0, 0.1) is 11.6 Å². The van der Waals surface area contributed by atoms with Gasteiger partial charge in [0, 0.05) is 60.6 Å². The number of hydrogen-bond donors (Lipinski definition) is 4. The lowest BCUT2D eigenvalue weighted by molar-refractivity contribution is -0.120. The molecule has 13 nitrogen and oxygen atoms in total. The second-order valence-electron chi connectivity index (χ2n) is 15.9. The molecule has 4 aromatic carbocycles. The molecule has 61 heavy (non-hydrogen) atoms. The summed E-state index contributed by atoms with van der Waals surface area (Å²) in [6.45, 7) is 5.29. The van der Waals surface area contributed by atoms with Crippen molar-refractivity contribution >= 4 is 46.2 Å². The highest BCUT2D eigenvalue weighted by molar-refractivity contribution is 6.34. The number of benzene rings is 4. The van der Waals surface area contributed by atoms with Crippen LogP contribution in [0.1, 0.15) is 71.5 Å². The Bertz CT molecular complexity index is 2500. The van der Waals surface area contributed by atoms with Gasteiger partial charge in [-0.2, -0.15) is 5.10 Å². The summed E-state index contributed by atoms with van der Waals surface area (Å²) in [5, 5.41) is 20.5. The van der Waals surface area contributed by atoms with Gasteiger partial charge in [-0.3, -0.25) is 24.5 Å². The van der Waals surface area contributed by atoms with Crippen molar-refractivity contribution in [2.45, 2.75) is 50.0 Å². The molecule has 16 heteroatoms. The van der Waals surface area contributed by atoms with Gasteiger partial charge in [-0.15, -0.1) is 0 Å². The Morgan fingerprint density at radius 3 is 2.57 bits per heavy atom. The normalized spacial score (nSPS) is 19.6. The van der Waals surface area contributed by atoms with Crippen LogP contribution in [0.25, 0.3) is 22.0 Å². The van der Waals surface area contributed by atoms with Crippen LogP contribution in [-0.2, 0) is 17.4 Å². The summed E-state index contributed by atoms with van der Waals surface area (Å²) in [5.41, 5.74) is 7.55. The highest BCUT2D eigenvalue weighted by Crippen LogP contribution is 2.56. The van der Waals surface area contributed by atoms with E-state index in [4.69, 9.17) is 31.9 Å². The Morgan fingerprint density at radius 2 is 1.85 bits per heavy atom. The molecule has 0 bridgehead atoms. The molecule has 4 heterocycles. The Kier molecular flexibility index (Phi) is 12.0. The van der Waals surface area contributed by atoms with Gasteiger partial charge in [0.25, 0.3) is 0 Å². The van der Waals surface area contributed by atoms with Crippen LogP contribution in [0.3, 0.4) is 0 Å². The summed E-state index contributed by atoms with van der Waals surface area (Å²) in [6.07, 6.45) is 2.99. The van der Waals surface area contributed by atoms with E-state index in [0.717, 1.165) is 55.4 Å². The number of urea groups is 1. The zero-order chi connectivity index (χ0) is 43.0. The third-order valence-electron chi connectivity index (χ3n) is 12.3. The number of fused-ring (bicyclic) bond motifs is 2. The second kappa shape index (κ2) is 17.4. The van der Waals surface area contributed by atoms with Crippen molar-refractivity contribution in [3.8, 4) is 22.6 Å². The number of nitrogens with zero attached hydrogens (tertiary/aromatic N) is 4. The average molecular weight is 856 g/mol. The molecule has 2 fully saturated rings. The van der Waals surface area contributed by atoms with Crippen LogP contribution < -0.4 is 30.7 Å². The number of para-hydroxylation sites is 1. The number of aryl methyl sites for hydroxylation is 1. The average Bonchev–Trinajstić information content (AvgIpc) is 3.74. The molecule has 0 radical (unpaired) electrons. The smallest absolute Gasteiger partial charge is 0.329 e. The van der Waals surface area contributed by atoms with Gasteiger partial charge in [0.15, 0.2) is 23.0 Å². The van der Waals surface area contributed by atoms with E-state index in [9.17, 15) is 19.5 Å². The summed E-state index contributed by atoms with van der Waals surface area (Å²) < 4.78 is 46.1. The van der Waals surface area contributed by atoms with Gasteiger partial charge in [-0.05, 0) is 80.7 Å². The van der Waals surface area contributed by atoms with Crippen molar-refractivity contribution < 1.29 is 37.7 Å². The number of aliphatic hydroxyl groups is 1. The van der Waals surface area contributed by atoms with E-state index >= 15 is 8.78 Å². The SMILES string of the molecule is C[C@H]1c2c(cc(F)c(Cl)c2-c2c(C(N)=O)ccc(OCCO)c2F)O[C@]1(CNCCCN1CCC(c2cccc3c(N4CCC(=O)NC4=O)nn(C)c23)CC1)c1ccccc1. The van der Waals surface area contributed by atoms with Gasteiger partial charge >= 0.3 is 6.03 Å². The van der Waals surface area contributed by atoms with Crippen molar-refractivity contribution in [3.05, 3.63) is 106 Å². The lowest BCUT2D eigenvalue weighted by Crippen LogP contribution is -2.49. The number of amides is 4. The highest BCUT2D eigenvalue weighted by Gasteiger charge is 2.50. The maximum atomic E-state index is 16.4. The molecule has 0 unspecified atom stereocenters. The number of likely N-dealkylation sites (tertiary alicyclic amines) is 1. The predicted molar refractivity (Wildman–Crippen MR) is 227 cm³/mol. The van der Waals surface area contributed by atoms with Gasteiger partial charge in [0.1, 0.15) is 18.2 Å². The summed E-state index contributed by atoms with van der Waals surface area (Å²) >= 11 is 6.68. The van der Waals surface area contributed by atoms with Gasteiger partial charge < -0.3 is 30.5 Å². The molecule has 320 valence electrons. The van der Waals surface area contributed by atoms with Crippen LogP contribution in [0.5, 0.6) is 11.5 Å². The fourth-order valence-corrected chi connectivity index (χ4v) is 9.55. The summed E-state index contributed by atoms with van der Waals surface area (Å²) in [5.74, 6) is -2.76. The standard InChI is InChI=1S/C45H48ClF2N7O6/c1-26-36-34(24-32(47)39(46)38(36)37-30(42(49)58)12-13-33(40(37)48)60-23-22-56)61-45(26,28-8-4-3-5-9-28)25-50-17-7-18-54-19-14-27(15-20-54)29-10-6-11-31-41(29)53(2)52-43(31)55-21-16-35(57)51-44(55)59/h3-6,8-13,24,26-27,50,56H,7,14-23,25H2,1-2H3,(H2,49,58)(H,51,57,59)/t26-,45-/m0/s1. The molecule has 4 amide bonds. The number of anilines is 1. The number of nitrogens with one attached hydrogen (secondary N) is 2. The lowest BCUT2D eigenvalue weighted by Gasteiger charge is -2.35. The first-order valence-corrected chi connectivity index (χ1v) is 20.9. The first-order chi connectivity index (χ1) is 29.4. The lowest BCUT2D eigenvalue weighted by atomic mass is 9.77. The van der Waals surface area contributed by atoms with Crippen LogP contribution >= 0.6 is 11.6 Å². The second-order valence-corrected chi connectivity index (χ2v) is 16.2. The van der Waals surface area contributed by atoms with Crippen LogP contribution in [0.4, 0.5) is 19.4 Å². The van der Waals surface area contributed by atoms with Crippen LogP contribution in [0.2, 0.25) is 5.02 Å². The monoisotopic (exact) mass is 855 g/mol. The van der Waals surface area contributed by atoms with E-state index in [1.165, 1.54) is 28.7 Å². The molecule has 0 spiro atoms. The molecule has 0 saturated carbocycles. The Morgan fingerprint density at radius 1 is 1.08 bits per heavy atom. The molecule has 3 aliphatic heterocycles. The molecule has 3 aliphatic rings. The maximum absolute atomic E-state index is 16.4. The molecular formula is C45H48ClF2N7O6. The minimum absolute atomic E-state index is 0.0433. The number of imide groups is 1. The van der Waals surface area contributed by atoms with E-state index in [1.807, 2.05) is 61.1 Å². The van der Waals surface area contributed by atoms with E-state index < -0.39 is 35.1 Å². The summed E-state index contributed by atoms with van der Waals surface area (Å²) in [6, 6.07) is 19.0. The van der Waals surface area contributed by atoms with Gasteiger partial charge in [0.2, 0.25) is 11.8 Å². The van der Waals surface area contributed by atoms with Gasteiger partial charge in [-0.1, -0.05) is 61.0 Å². The zero-order valence-electron chi connectivity index (χ0n) is 34.0. The van der Waals surface area contributed by atoms with Crippen molar-refractivity contribution in [3.63, 3.8) is 0 Å². The number of ether oxygens (including phenoxy) is 2. The number of carbonyl (C=O) groups excluding carboxylic acids is 3. The minimum Gasteiger partial charge on any atom is -0.488 e. The third-order valence-corrected chi connectivity index (χ3v) is 12.7. The highest BCUT2D eigenvalue weighted by atomic mass is 35.5. The molecule has 0 aliphatic carbocycles. The first-order valence-electron chi connectivity index (χ1n) is 20.6. The number of aliphatic hydroxyl groups excluding tert-OH is 1. The first kappa shape index (κ1) is 42.1. The zero-order valence-corrected chi connectivity index (χ0v) is 34.7. The minimum atomic E-state index is -1.07. The number of hydrogen-bond acceptors (Lipinski definition) is 9. The molecule has 2 atom stereocenters. The van der Waals surface area contributed by atoms with E-state index in [-0.39, 0.29) is 65.3 Å². The maximum Gasteiger partial charge on any atom is 0.329 e. The van der Waals surface area contributed by atoms with E-state index in [1.54, 1.807) is 0 Å². The number of aromatic nitrogens is 2. The molecule has 5 aromatic rings. The number of halogens is 3. The molecule has 5 N–H and O–H groups in total. The summed E-state index contributed by atoms with van der Waals surface area (Å²) in [7, 11) is 1.89. The third kappa shape index (κ3) is 7.79. The molecule has 2 saturated heterocycles. The van der Waals surface area contributed by atoms with Crippen molar-refractivity contribution in [1.82, 2.24) is 25.3 Å². The van der Waals surface area contributed by atoms with Crippen molar-refractivity contribution in [1.29, 1.82) is 0 Å². The largest absolute Gasteiger partial charge is 0.488 e. The topological polar surface area (TPSA) is 164 Å². The fourth-order valence-electron chi connectivity index (χ4n) is 9.30. The van der Waals surface area contributed by atoms with Crippen LogP contribution in [0.15, 0.2) is 66.7 Å². The Balaban J connectivity index is 0.960. The van der Waals surface area contributed by atoms with Gasteiger partial charge in [0.05, 0.1) is 22.7 Å². The fraction of sp³-hybridized carbons (Fsp3) is 0.378. The molecule has 1 aromatic heterocycles. The predicted octanol–water partition coefficient (Wildman–Crippen LogP) is 6.34. The van der Waals surface area contributed by atoms with E-state index in [2.05, 4.69) is 21.6 Å². The van der Waals surface area contributed by atoms with Crippen molar-refractivity contribution in [2.24, 2.45) is 12.8 Å². The number of carbonyl (C=O) groups is 3. The number of piperidine rings is 1. The number of primary amides is 1. The van der Waals surface area contributed by atoms with Crippen LogP contribution in [-0.4, -0.2) is 90.1 Å². The molecular weight excluding hydrogens is 808 g/mol. The van der Waals surface area contributed by atoms with E-state index in [0.29, 0.717) is 30.4 Å². The van der Waals surface area contributed by atoms with Crippen molar-refractivity contribution in [2.75, 3.05) is 57.4 Å².